The molecule has 0 fully saturated rings. The number of benzene rings is 1. The highest BCUT2D eigenvalue weighted by Crippen LogP contribution is 2.37. The highest BCUT2D eigenvalue weighted by Gasteiger charge is 2.31. The van der Waals surface area contributed by atoms with Gasteiger partial charge in [-0.2, -0.15) is 0 Å². The molecule has 4 aromatic rings. The van der Waals surface area contributed by atoms with Gasteiger partial charge in [-0.05, 0) is 19.4 Å². The summed E-state index contributed by atoms with van der Waals surface area (Å²) < 4.78 is 7.36. The molecule has 0 saturated heterocycles. The number of thiophene rings is 1. The van der Waals surface area contributed by atoms with Crippen LogP contribution in [0.5, 0.6) is 0 Å². The van der Waals surface area contributed by atoms with E-state index >= 15 is 0 Å². The van der Waals surface area contributed by atoms with E-state index in [-0.39, 0.29) is 22.7 Å². The monoisotopic (exact) mass is 426 g/mol. The molecule has 9 heteroatoms. The van der Waals surface area contributed by atoms with Gasteiger partial charge >= 0.3 is 0 Å². The van der Waals surface area contributed by atoms with Crippen molar-refractivity contribution in [1.29, 1.82) is 0 Å². The topological polar surface area (TPSA) is 89.4 Å². The van der Waals surface area contributed by atoms with Gasteiger partial charge in [0, 0.05) is 16.9 Å². The normalized spacial score (nSPS) is 15.7. The average Bonchev–Trinajstić information content (AvgIpc) is 3.27. The van der Waals surface area contributed by atoms with Crippen LogP contribution in [0.15, 0.2) is 40.3 Å². The minimum Gasteiger partial charge on any atom is -0.370 e. The second kappa shape index (κ2) is 6.79. The maximum Gasteiger partial charge on any atom is 0.270 e. The lowest BCUT2D eigenvalue weighted by Crippen LogP contribution is -2.31. The molecule has 1 aromatic carbocycles. The number of nitrogens with one attached hydrogen (secondary N) is 1. The van der Waals surface area contributed by atoms with Crippen molar-refractivity contribution in [3.8, 4) is 0 Å². The van der Waals surface area contributed by atoms with Crippen LogP contribution in [0.2, 0.25) is 0 Å². The molecule has 0 spiro atoms. The maximum atomic E-state index is 13.4. The number of nitrogens with zero attached hydrogens (tertiary/aromatic N) is 3. The van der Waals surface area contributed by atoms with Gasteiger partial charge in [-0.25, -0.2) is 14.5 Å². The Labute approximate surface area is 174 Å². The van der Waals surface area contributed by atoms with Crippen LogP contribution in [-0.2, 0) is 17.8 Å². The van der Waals surface area contributed by atoms with Gasteiger partial charge in [-0.15, -0.1) is 16.4 Å². The Hall–Kier alpha value is -2.49. The largest absolute Gasteiger partial charge is 0.370 e. The zero-order valence-corrected chi connectivity index (χ0v) is 17.5. The second-order valence-corrected chi connectivity index (χ2v) is 9.60. The Morgan fingerprint density at radius 2 is 2.14 bits per heavy atom. The van der Waals surface area contributed by atoms with Crippen LogP contribution < -0.4 is 5.56 Å². The molecule has 0 amide bonds. The number of fused-ring (bicyclic) bond motifs is 4. The third-order valence-electron chi connectivity index (χ3n) is 4.98. The maximum absolute atomic E-state index is 13.4. The van der Waals surface area contributed by atoms with E-state index in [1.165, 1.54) is 27.5 Å². The molecule has 29 heavy (non-hydrogen) atoms. The van der Waals surface area contributed by atoms with Crippen molar-refractivity contribution in [1.82, 2.24) is 19.6 Å². The lowest BCUT2D eigenvalue weighted by atomic mass is 9.94. The molecule has 4 heterocycles. The smallest absolute Gasteiger partial charge is 0.270 e. The molecule has 0 bridgehead atoms. The number of hydrogen-bond acceptors (Lipinski definition) is 7. The van der Waals surface area contributed by atoms with E-state index in [1.807, 2.05) is 32.0 Å². The summed E-state index contributed by atoms with van der Waals surface area (Å²) in [6.07, 6.45) is 0.665. The second-order valence-electron chi connectivity index (χ2n) is 7.57. The fraction of sp³-hybridized carbons (Fsp3) is 0.300. The van der Waals surface area contributed by atoms with Crippen molar-refractivity contribution >= 4 is 44.9 Å². The Morgan fingerprint density at radius 1 is 1.34 bits per heavy atom. The zero-order valence-electron chi connectivity index (χ0n) is 15.9. The molecule has 1 N–H and O–H groups in total. The highest BCUT2D eigenvalue weighted by atomic mass is 32.2. The van der Waals surface area contributed by atoms with E-state index in [0.717, 1.165) is 10.4 Å². The van der Waals surface area contributed by atoms with E-state index in [9.17, 15) is 9.59 Å². The summed E-state index contributed by atoms with van der Waals surface area (Å²) in [6, 6.07) is 9.10. The first kappa shape index (κ1) is 18.5. The molecule has 3 aromatic heterocycles. The Balaban J connectivity index is 1.54. The highest BCUT2D eigenvalue weighted by molar-refractivity contribution is 7.99. The standard InChI is InChI=1S/C20H18N4O3S2/c1-20(2)8-12-14(9-27-20)29-16-15(12)17(26)24-18(21-16)22-23-19(24)28-10-13(25)11-6-4-3-5-7-11/h3-7H,8-10H2,1-2H3,(H,21,22). The van der Waals surface area contributed by atoms with Crippen LogP contribution >= 0.6 is 23.1 Å². The number of ketones is 1. The molecular formula is C20H18N4O3S2. The van der Waals surface area contributed by atoms with E-state index < -0.39 is 0 Å². The predicted octanol–water partition coefficient (Wildman–Crippen LogP) is 3.46. The molecule has 0 radical (unpaired) electrons. The summed E-state index contributed by atoms with van der Waals surface area (Å²) in [6.45, 7) is 4.54. The zero-order chi connectivity index (χ0) is 20.2. The Morgan fingerprint density at radius 3 is 2.93 bits per heavy atom. The van der Waals surface area contributed by atoms with Crippen LogP contribution in [0, 0.1) is 0 Å². The van der Waals surface area contributed by atoms with Crippen molar-refractivity contribution < 1.29 is 9.53 Å². The molecule has 1 aliphatic rings. The SMILES string of the molecule is CC1(C)Cc2c(sc3nc4[nH]nc(SCC(=O)c5ccccc5)n4c(=O)c23)CO1. The molecular weight excluding hydrogens is 408 g/mol. The fourth-order valence-corrected chi connectivity index (χ4v) is 5.46. The fourth-order valence-electron chi connectivity index (χ4n) is 3.53. The first-order valence-corrected chi connectivity index (χ1v) is 11.0. The number of ether oxygens (including phenoxy) is 1. The van der Waals surface area contributed by atoms with Gasteiger partial charge in [0.25, 0.3) is 5.56 Å². The summed E-state index contributed by atoms with van der Waals surface area (Å²) in [4.78, 5) is 32.1. The number of Topliss-reactive ketones (excluding diaryl/α,β-unsaturated/α-hetero) is 1. The van der Waals surface area contributed by atoms with Crippen LogP contribution in [-0.4, -0.2) is 36.7 Å². The van der Waals surface area contributed by atoms with Crippen molar-refractivity contribution in [2.75, 3.05) is 5.75 Å². The first-order valence-electron chi connectivity index (χ1n) is 9.19. The number of aromatic nitrogens is 4. The number of H-pyrrole nitrogens is 1. The third kappa shape index (κ3) is 3.19. The number of aromatic amines is 1. The minimum absolute atomic E-state index is 0.0133. The van der Waals surface area contributed by atoms with Gasteiger partial charge in [-0.3, -0.25) is 9.59 Å². The van der Waals surface area contributed by atoms with Crippen molar-refractivity contribution in [3.63, 3.8) is 0 Å². The molecule has 0 atom stereocenters. The van der Waals surface area contributed by atoms with Crippen LogP contribution in [0.25, 0.3) is 16.0 Å². The van der Waals surface area contributed by atoms with Crippen molar-refractivity contribution in [2.45, 2.75) is 37.6 Å². The average molecular weight is 427 g/mol. The summed E-state index contributed by atoms with van der Waals surface area (Å²) in [5.41, 5.74) is 1.19. The predicted molar refractivity (Wildman–Crippen MR) is 113 cm³/mol. The van der Waals surface area contributed by atoms with Crippen LogP contribution in [0.3, 0.4) is 0 Å². The lowest BCUT2D eigenvalue weighted by molar-refractivity contribution is -0.0379. The first-order chi connectivity index (χ1) is 13.9. The van der Waals surface area contributed by atoms with Crippen molar-refractivity contribution in [2.24, 2.45) is 0 Å². The Kier molecular flexibility index (Phi) is 4.34. The van der Waals surface area contributed by atoms with Gasteiger partial charge in [-0.1, -0.05) is 42.1 Å². The molecule has 1 aliphatic heterocycles. The summed E-state index contributed by atoms with van der Waals surface area (Å²) in [7, 11) is 0. The van der Waals surface area contributed by atoms with E-state index in [2.05, 4.69) is 15.2 Å². The lowest BCUT2D eigenvalue weighted by Gasteiger charge is -2.29. The summed E-state index contributed by atoms with van der Waals surface area (Å²) >= 11 is 2.73. The quantitative estimate of drug-likeness (QED) is 0.397. The number of rotatable bonds is 4. The molecule has 7 nitrogen and oxygen atoms in total. The molecule has 5 rings (SSSR count). The van der Waals surface area contributed by atoms with Gasteiger partial charge in [0.15, 0.2) is 10.9 Å². The van der Waals surface area contributed by atoms with E-state index in [4.69, 9.17) is 4.74 Å². The number of hydrogen-bond donors (Lipinski definition) is 1. The Bertz CT molecular complexity index is 1300. The van der Waals surface area contributed by atoms with E-state index in [1.54, 1.807) is 12.1 Å². The molecule has 0 unspecified atom stereocenters. The number of carbonyl (C=O) groups is 1. The molecule has 0 saturated carbocycles. The number of carbonyl (C=O) groups excluding carboxylic acids is 1. The van der Waals surface area contributed by atoms with E-state index in [0.29, 0.717) is 39.7 Å². The summed E-state index contributed by atoms with van der Waals surface area (Å²) in [5, 5.41) is 8.13. The van der Waals surface area contributed by atoms with Gasteiger partial charge in [0.1, 0.15) is 4.83 Å². The third-order valence-corrected chi connectivity index (χ3v) is 7.01. The van der Waals surface area contributed by atoms with Crippen molar-refractivity contribution in [3.05, 3.63) is 56.7 Å². The molecule has 148 valence electrons. The molecule has 0 aliphatic carbocycles. The van der Waals surface area contributed by atoms with Crippen LogP contribution in [0.1, 0.15) is 34.6 Å². The van der Waals surface area contributed by atoms with Gasteiger partial charge in [0.2, 0.25) is 5.78 Å². The minimum atomic E-state index is -0.316. The van der Waals surface area contributed by atoms with Crippen LogP contribution in [0.4, 0.5) is 0 Å². The summed E-state index contributed by atoms with van der Waals surface area (Å²) in [5.74, 6) is 0.563. The number of thioether (sulfide) groups is 1. The van der Waals surface area contributed by atoms with Gasteiger partial charge < -0.3 is 4.74 Å². The van der Waals surface area contributed by atoms with Gasteiger partial charge in [0.05, 0.1) is 23.3 Å².